The molecule has 0 aromatic rings. The second-order valence-electron chi connectivity index (χ2n) is 6.70. The van der Waals surface area contributed by atoms with E-state index >= 15 is 0 Å². The van der Waals surface area contributed by atoms with Crippen molar-refractivity contribution in [2.24, 2.45) is 11.8 Å². The summed E-state index contributed by atoms with van der Waals surface area (Å²) in [6, 6.07) is 0. The molecule has 0 aliphatic carbocycles. The minimum absolute atomic E-state index is 0.333. The van der Waals surface area contributed by atoms with E-state index in [1.165, 1.54) is 0 Å². The van der Waals surface area contributed by atoms with Gasteiger partial charge >= 0.3 is 11.9 Å². The Bertz CT molecular complexity index is 469. The number of halogens is 1. The summed E-state index contributed by atoms with van der Waals surface area (Å²) in [6.07, 6.45) is 5.43. The van der Waals surface area contributed by atoms with E-state index in [9.17, 15) is 9.59 Å². The highest BCUT2D eigenvalue weighted by atomic mass is 127. The predicted octanol–water partition coefficient (Wildman–Crippen LogP) is 4.54. The van der Waals surface area contributed by atoms with E-state index in [2.05, 4.69) is 27.7 Å². The summed E-state index contributed by atoms with van der Waals surface area (Å²) in [6.45, 7) is 9.34. The van der Waals surface area contributed by atoms with E-state index in [0.29, 0.717) is 36.2 Å². The molecule has 0 unspecified atom stereocenters. The van der Waals surface area contributed by atoms with Crippen LogP contribution in [0.5, 0.6) is 0 Å². The first-order valence-electron chi connectivity index (χ1n) is 8.62. The Hall–Kier alpha value is -0.980. The highest BCUT2D eigenvalue weighted by Crippen LogP contribution is 2.19. The molecule has 1 aliphatic rings. The second kappa shape index (κ2) is 11.6. The fraction of sp³-hybridized carbons (Fsp3) is 0.632. The van der Waals surface area contributed by atoms with Crippen molar-refractivity contribution >= 4 is 36.7 Å². The molecular weight excluding hydrogens is 419 g/mol. The molecule has 4 nitrogen and oxygen atoms in total. The lowest BCUT2D eigenvalue weighted by molar-refractivity contribution is -0.141. The summed E-state index contributed by atoms with van der Waals surface area (Å²) in [5, 5.41) is 0. The molecule has 0 fully saturated rings. The zero-order valence-electron chi connectivity index (χ0n) is 15.1. The normalized spacial score (nSPS) is 14.1. The van der Waals surface area contributed by atoms with Crippen LogP contribution in [0.25, 0.3) is 0 Å². The highest BCUT2D eigenvalue weighted by molar-refractivity contribution is 14.2. The van der Waals surface area contributed by atoms with E-state index < -0.39 is 11.9 Å². The first-order chi connectivity index (χ1) is 11.4. The average Bonchev–Trinajstić information content (AvgIpc) is 2.54. The second-order valence-corrected chi connectivity index (χ2v) is 8.76. The molecule has 0 saturated carbocycles. The standard InChI is InChI=1S/C19H29IO4/c1-14(2)7-5-11-23-18(21)16-9-10-20-13-17(16)19(22)24-12-6-8-15(3)4/h9-10,13-15H,5-8,11-12H2,1-4H3. The maximum Gasteiger partial charge on any atom is 0.339 e. The van der Waals surface area contributed by atoms with Crippen LogP contribution in [0.3, 0.4) is 0 Å². The lowest BCUT2D eigenvalue weighted by Crippen LogP contribution is -2.18. The number of carbonyl (C=O) groups excluding carboxylic acids is 2. The number of rotatable bonds is 10. The van der Waals surface area contributed by atoms with Gasteiger partial charge in [-0.15, -0.1) is 0 Å². The third kappa shape index (κ3) is 8.22. The summed E-state index contributed by atoms with van der Waals surface area (Å²) < 4.78 is 14.4. The Morgan fingerprint density at radius 2 is 1.42 bits per heavy atom. The maximum absolute atomic E-state index is 12.2. The summed E-state index contributed by atoms with van der Waals surface area (Å²) in [5.41, 5.74) is 0.711. The van der Waals surface area contributed by atoms with E-state index in [1.54, 1.807) is 6.08 Å². The van der Waals surface area contributed by atoms with Crippen LogP contribution in [0.1, 0.15) is 53.4 Å². The van der Waals surface area contributed by atoms with Crippen molar-refractivity contribution in [3.63, 3.8) is 0 Å². The molecule has 1 aliphatic heterocycles. The number of carbonyl (C=O) groups is 2. The van der Waals surface area contributed by atoms with Gasteiger partial charge in [0.15, 0.2) is 0 Å². The van der Waals surface area contributed by atoms with Gasteiger partial charge in [0.2, 0.25) is 0 Å². The van der Waals surface area contributed by atoms with Crippen molar-refractivity contribution in [2.75, 3.05) is 13.2 Å². The molecule has 5 heteroatoms. The molecule has 0 radical (unpaired) electrons. The van der Waals surface area contributed by atoms with Crippen molar-refractivity contribution in [1.29, 1.82) is 0 Å². The van der Waals surface area contributed by atoms with E-state index in [1.807, 2.05) is 8.09 Å². The minimum atomic E-state index is -0.427. The first-order valence-corrected chi connectivity index (χ1v) is 11.1. The van der Waals surface area contributed by atoms with Gasteiger partial charge in [-0.05, 0) is 51.7 Å². The smallest absolute Gasteiger partial charge is 0.339 e. The van der Waals surface area contributed by atoms with Crippen molar-refractivity contribution in [1.82, 2.24) is 0 Å². The molecule has 136 valence electrons. The topological polar surface area (TPSA) is 52.6 Å². The number of ether oxygens (including phenoxy) is 2. The lowest BCUT2D eigenvalue weighted by Gasteiger charge is -2.12. The molecule has 0 aromatic heterocycles. The van der Waals surface area contributed by atoms with Crippen LogP contribution in [0.15, 0.2) is 21.3 Å². The molecule has 1 heterocycles. The van der Waals surface area contributed by atoms with Gasteiger partial charge in [-0.1, -0.05) is 48.4 Å². The maximum atomic E-state index is 12.2. The molecule has 1 rings (SSSR count). The van der Waals surface area contributed by atoms with Crippen molar-refractivity contribution in [2.45, 2.75) is 53.4 Å². The quantitative estimate of drug-likeness (QED) is 0.280. The Morgan fingerprint density at radius 1 is 0.917 bits per heavy atom. The predicted molar refractivity (Wildman–Crippen MR) is 106 cm³/mol. The first kappa shape index (κ1) is 21.1. The van der Waals surface area contributed by atoms with Crippen molar-refractivity contribution in [3.05, 3.63) is 21.3 Å². The summed E-state index contributed by atoms with van der Waals surface area (Å²) in [4.78, 5) is 24.5. The van der Waals surface area contributed by atoms with E-state index in [-0.39, 0.29) is 20.7 Å². The third-order valence-electron chi connectivity index (χ3n) is 3.52. The molecule has 0 atom stereocenters. The summed E-state index contributed by atoms with van der Waals surface area (Å²) in [7, 11) is 0. The van der Waals surface area contributed by atoms with Crippen LogP contribution in [-0.4, -0.2) is 29.2 Å². The molecule has 0 bridgehead atoms. The minimum Gasteiger partial charge on any atom is -0.462 e. The van der Waals surface area contributed by atoms with Crippen molar-refractivity contribution < 1.29 is 19.1 Å². The van der Waals surface area contributed by atoms with Crippen LogP contribution in [-0.2, 0) is 19.1 Å². The van der Waals surface area contributed by atoms with Crippen LogP contribution in [0.2, 0.25) is 0 Å². The van der Waals surface area contributed by atoms with Gasteiger partial charge < -0.3 is 9.47 Å². The zero-order valence-corrected chi connectivity index (χ0v) is 17.3. The zero-order chi connectivity index (χ0) is 17.9. The molecule has 0 aromatic carbocycles. The van der Waals surface area contributed by atoms with Gasteiger partial charge in [0.1, 0.15) is 0 Å². The van der Waals surface area contributed by atoms with Gasteiger partial charge in [-0.2, -0.15) is 0 Å². The molecule has 0 spiro atoms. The monoisotopic (exact) mass is 448 g/mol. The molecule has 0 N–H and O–H groups in total. The van der Waals surface area contributed by atoms with E-state index in [0.717, 1.165) is 25.7 Å². The Kier molecular flexibility index (Phi) is 10.1. The van der Waals surface area contributed by atoms with Crippen LogP contribution in [0, 0.1) is 11.8 Å². The van der Waals surface area contributed by atoms with Gasteiger partial charge in [0, 0.05) is 0 Å². The summed E-state index contributed by atoms with van der Waals surface area (Å²) in [5.74, 6) is 0.349. The van der Waals surface area contributed by atoms with Crippen molar-refractivity contribution in [3.8, 4) is 0 Å². The largest absolute Gasteiger partial charge is 0.462 e. The number of hydrogen-bond acceptors (Lipinski definition) is 4. The van der Waals surface area contributed by atoms with Crippen LogP contribution >= 0.6 is 20.7 Å². The SMILES string of the molecule is CC(C)CCCOC(=O)C1=C(C(=O)OCCCC(C)C)C=IC=C1. The average molecular weight is 448 g/mol. The number of esters is 2. The molecule has 0 amide bonds. The Morgan fingerprint density at radius 3 is 1.92 bits per heavy atom. The Labute approximate surface area is 155 Å². The highest BCUT2D eigenvalue weighted by Gasteiger charge is 2.21. The van der Waals surface area contributed by atoms with Gasteiger partial charge in [0.25, 0.3) is 0 Å². The Balaban J connectivity index is 2.57. The molecule has 0 saturated heterocycles. The van der Waals surface area contributed by atoms with Gasteiger partial charge in [-0.3, -0.25) is 0 Å². The summed E-state index contributed by atoms with van der Waals surface area (Å²) >= 11 is -0.340. The third-order valence-corrected chi connectivity index (χ3v) is 5.28. The fourth-order valence-electron chi connectivity index (χ4n) is 2.15. The fourth-order valence-corrected chi connectivity index (χ4v) is 3.87. The lowest BCUT2D eigenvalue weighted by atomic mass is 10.1. The molecule has 24 heavy (non-hydrogen) atoms. The van der Waals surface area contributed by atoms with Crippen LogP contribution in [0.4, 0.5) is 0 Å². The van der Waals surface area contributed by atoms with E-state index in [4.69, 9.17) is 9.47 Å². The van der Waals surface area contributed by atoms with Gasteiger partial charge in [0.05, 0.1) is 24.4 Å². The van der Waals surface area contributed by atoms with Crippen LogP contribution < -0.4 is 0 Å². The number of hydrogen-bond donors (Lipinski definition) is 0. The van der Waals surface area contributed by atoms with Gasteiger partial charge in [-0.25, -0.2) is 9.59 Å². The molecular formula is C19H29IO4.